The van der Waals surface area contributed by atoms with Crippen LogP contribution < -0.4 is 16.4 Å². The monoisotopic (exact) mass is 663 g/mol. The molecule has 0 radical (unpaired) electrons. The van der Waals surface area contributed by atoms with Gasteiger partial charge in [0.05, 0.1) is 11.4 Å². The van der Waals surface area contributed by atoms with Gasteiger partial charge in [-0.25, -0.2) is 4.79 Å². The Morgan fingerprint density at radius 1 is 1.11 bits per heavy atom. The summed E-state index contributed by atoms with van der Waals surface area (Å²) in [6.07, 6.45) is 3.08. The van der Waals surface area contributed by atoms with Crippen molar-refractivity contribution in [2.75, 3.05) is 16.4 Å². The van der Waals surface area contributed by atoms with Crippen molar-refractivity contribution in [3.8, 4) is 5.75 Å². The summed E-state index contributed by atoms with van der Waals surface area (Å²) >= 11 is 5.52. The highest BCUT2D eigenvalue weighted by atomic mass is 127. The molecule has 7 nitrogen and oxygen atoms in total. The summed E-state index contributed by atoms with van der Waals surface area (Å²) in [5.74, 6) is -0.376. The minimum atomic E-state index is -0.693. The van der Waals surface area contributed by atoms with E-state index < -0.39 is 12.2 Å². The van der Waals surface area contributed by atoms with Gasteiger partial charge < -0.3 is 20.9 Å². The van der Waals surface area contributed by atoms with Gasteiger partial charge in [0.2, 0.25) is 5.91 Å². The molecule has 0 aliphatic rings. The number of carbonyl (C=O) groups is 2. The topological polar surface area (TPSA) is 114 Å². The fourth-order valence-electron chi connectivity index (χ4n) is 3.52. The summed E-state index contributed by atoms with van der Waals surface area (Å²) in [5, 5.41) is 16.0. The van der Waals surface area contributed by atoms with E-state index >= 15 is 0 Å². The third kappa shape index (κ3) is 8.27. The molecule has 0 bridgehead atoms. The van der Waals surface area contributed by atoms with E-state index in [2.05, 4.69) is 49.2 Å². The van der Waals surface area contributed by atoms with Crippen LogP contribution in [-0.2, 0) is 9.53 Å². The normalized spacial score (nSPS) is 12.6. The maximum absolute atomic E-state index is 12.7. The number of para-hydroxylation sites is 2. The molecule has 36 heavy (non-hydrogen) atoms. The van der Waals surface area contributed by atoms with E-state index in [9.17, 15) is 14.7 Å². The summed E-state index contributed by atoms with van der Waals surface area (Å²) in [6.45, 7) is 1.94. The Kier molecular flexibility index (Phi) is 10.2. The summed E-state index contributed by atoms with van der Waals surface area (Å²) in [5.41, 5.74) is 8.03. The third-order valence-electron chi connectivity index (χ3n) is 5.41. The number of amides is 2. The Balaban J connectivity index is 1.65. The van der Waals surface area contributed by atoms with Crippen LogP contribution in [0, 0.1) is 9.49 Å². The van der Waals surface area contributed by atoms with Gasteiger partial charge in [-0.3, -0.25) is 10.1 Å². The number of allylic oxidation sites excluding steroid dienone is 1. The molecule has 2 atom stereocenters. The van der Waals surface area contributed by atoms with Gasteiger partial charge in [-0.05, 0) is 102 Å². The van der Waals surface area contributed by atoms with Crippen molar-refractivity contribution in [1.82, 2.24) is 0 Å². The number of aromatic hydroxyl groups is 1. The van der Waals surface area contributed by atoms with Crippen molar-refractivity contribution in [3.05, 3.63) is 92.5 Å². The molecule has 9 heteroatoms. The molecule has 0 aromatic heterocycles. The third-order valence-corrected chi connectivity index (χ3v) is 6.61. The highest BCUT2D eigenvalue weighted by Gasteiger charge is 2.26. The molecule has 0 aliphatic carbocycles. The minimum Gasteiger partial charge on any atom is -0.508 e. The lowest BCUT2D eigenvalue weighted by atomic mass is 9.92. The zero-order chi connectivity index (χ0) is 26.1. The molecule has 5 N–H and O–H groups in total. The second-order valence-corrected chi connectivity index (χ2v) is 10.4. The molecule has 0 spiro atoms. The van der Waals surface area contributed by atoms with Crippen LogP contribution in [0.1, 0.15) is 31.4 Å². The molecule has 2 amide bonds. The standard InChI is InChI=1S/C27H27BrIN3O4/c1-17(6-2-5-9-25(34)32-23-8-4-3-7-22(23)30)26(21-16-19(29)12-15-24(21)33)36-27(35)31-20-13-10-18(28)11-14-20/h3-5,7-17,26,33H,2,6,30H2,1H3,(H,31,35)(H,32,34)/b9-5+/t17-,26+/m1/s1. The van der Waals surface area contributed by atoms with Crippen LogP contribution in [0.5, 0.6) is 5.75 Å². The molecule has 0 saturated carbocycles. The van der Waals surface area contributed by atoms with Gasteiger partial charge in [0, 0.05) is 19.3 Å². The van der Waals surface area contributed by atoms with Crippen molar-refractivity contribution < 1.29 is 19.4 Å². The molecule has 0 saturated heterocycles. The van der Waals surface area contributed by atoms with Crippen LogP contribution in [0.3, 0.4) is 0 Å². The Morgan fingerprint density at radius 3 is 2.56 bits per heavy atom. The second kappa shape index (κ2) is 13.3. The molecule has 188 valence electrons. The average molecular weight is 664 g/mol. The number of rotatable bonds is 9. The van der Waals surface area contributed by atoms with Crippen molar-refractivity contribution in [2.24, 2.45) is 5.92 Å². The number of benzene rings is 3. The van der Waals surface area contributed by atoms with Gasteiger partial charge in [-0.1, -0.05) is 41.1 Å². The number of ether oxygens (including phenoxy) is 1. The van der Waals surface area contributed by atoms with E-state index in [0.717, 1.165) is 8.04 Å². The number of carbonyl (C=O) groups excluding carboxylic acids is 2. The SMILES string of the molecule is C[C@H](CC/C=C/C(=O)Nc1ccccc1N)[C@H](OC(=O)Nc1ccc(Br)cc1)c1cc(I)ccc1O. The highest BCUT2D eigenvalue weighted by molar-refractivity contribution is 14.1. The molecule has 3 aromatic carbocycles. The summed E-state index contributed by atoms with van der Waals surface area (Å²) in [7, 11) is 0. The number of phenolic OH excluding ortho intramolecular Hbond substituents is 1. The van der Waals surface area contributed by atoms with Crippen LogP contribution >= 0.6 is 38.5 Å². The van der Waals surface area contributed by atoms with Gasteiger partial charge in [0.25, 0.3) is 0 Å². The lowest BCUT2D eigenvalue weighted by Gasteiger charge is -2.25. The fraction of sp³-hybridized carbons (Fsp3) is 0.185. The van der Waals surface area contributed by atoms with Crippen molar-refractivity contribution in [3.63, 3.8) is 0 Å². The number of nitrogens with two attached hydrogens (primary N) is 1. The molecule has 0 unspecified atom stereocenters. The first-order valence-corrected chi connectivity index (χ1v) is 13.1. The van der Waals surface area contributed by atoms with E-state index in [1.807, 2.05) is 19.1 Å². The Labute approximate surface area is 232 Å². The quantitative estimate of drug-likeness (QED) is 0.109. The molecule has 0 aliphatic heterocycles. The first kappa shape index (κ1) is 27.5. The number of hydrogen-bond acceptors (Lipinski definition) is 5. The number of nitrogen functional groups attached to an aromatic ring is 1. The Morgan fingerprint density at radius 2 is 1.83 bits per heavy atom. The number of phenols is 1. The van der Waals surface area contributed by atoms with Gasteiger partial charge >= 0.3 is 6.09 Å². The van der Waals surface area contributed by atoms with E-state index in [0.29, 0.717) is 35.5 Å². The lowest BCUT2D eigenvalue weighted by Crippen LogP contribution is -2.22. The van der Waals surface area contributed by atoms with Gasteiger partial charge in [-0.15, -0.1) is 0 Å². The van der Waals surface area contributed by atoms with Crippen LogP contribution in [0.15, 0.2) is 83.4 Å². The number of anilines is 3. The highest BCUT2D eigenvalue weighted by Crippen LogP contribution is 2.36. The zero-order valence-corrected chi connectivity index (χ0v) is 23.3. The van der Waals surface area contributed by atoms with Crippen LogP contribution in [0.4, 0.5) is 21.9 Å². The number of nitrogens with one attached hydrogen (secondary N) is 2. The molecule has 3 rings (SSSR count). The predicted molar refractivity (Wildman–Crippen MR) is 155 cm³/mol. The predicted octanol–water partition coefficient (Wildman–Crippen LogP) is 7.24. The van der Waals surface area contributed by atoms with Crippen LogP contribution in [-0.4, -0.2) is 17.1 Å². The fourth-order valence-corrected chi connectivity index (χ4v) is 4.30. The van der Waals surface area contributed by atoms with E-state index in [4.69, 9.17) is 10.5 Å². The van der Waals surface area contributed by atoms with Crippen molar-refractivity contribution in [2.45, 2.75) is 25.9 Å². The largest absolute Gasteiger partial charge is 0.508 e. The van der Waals surface area contributed by atoms with Gasteiger partial charge in [-0.2, -0.15) is 0 Å². The first-order chi connectivity index (χ1) is 17.2. The van der Waals surface area contributed by atoms with Crippen LogP contribution in [0.2, 0.25) is 0 Å². The second-order valence-electron chi connectivity index (χ2n) is 8.19. The summed E-state index contributed by atoms with van der Waals surface area (Å²) in [4.78, 5) is 24.9. The summed E-state index contributed by atoms with van der Waals surface area (Å²) < 4.78 is 7.60. The molecular formula is C27H27BrIN3O4. The van der Waals surface area contributed by atoms with Crippen molar-refractivity contribution in [1.29, 1.82) is 0 Å². The van der Waals surface area contributed by atoms with Gasteiger partial charge in [0.1, 0.15) is 11.9 Å². The number of hydrogen-bond donors (Lipinski definition) is 4. The maximum Gasteiger partial charge on any atom is 0.412 e. The Bertz CT molecular complexity index is 1230. The first-order valence-electron chi connectivity index (χ1n) is 11.3. The average Bonchev–Trinajstić information content (AvgIpc) is 2.85. The maximum atomic E-state index is 12.7. The van der Waals surface area contributed by atoms with E-state index in [1.165, 1.54) is 6.08 Å². The van der Waals surface area contributed by atoms with E-state index in [-0.39, 0.29) is 17.6 Å². The summed E-state index contributed by atoms with van der Waals surface area (Å²) in [6, 6.07) is 19.4. The zero-order valence-electron chi connectivity index (χ0n) is 19.6. The Hall–Kier alpha value is -3.05. The van der Waals surface area contributed by atoms with Crippen LogP contribution in [0.25, 0.3) is 0 Å². The molecule has 0 heterocycles. The molecule has 3 aromatic rings. The molecular weight excluding hydrogens is 637 g/mol. The van der Waals surface area contributed by atoms with Crippen molar-refractivity contribution >= 4 is 67.6 Å². The smallest absolute Gasteiger partial charge is 0.412 e. The van der Waals surface area contributed by atoms with Gasteiger partial charge in [0.15, 0.2) is 0 Å². The lowest BCUT2D eigenvalue weighted by molar-refractivity contribution is -0.111. The van der Waals surface area contributed by atoms with E-state index in [1.54, 1.807) is 60.7 Å². The molecule has 0 fully saturated rings. The minimum absolute atomic E-state index is 0.0547. The number of halogens is 2.